The highest BCUT2D eigenvalue weighted by Crippen LogP contribution is 2.28. The highest BCUT2D eigenvalue weighted by molar-refractivity contribution is 8.01. The third-order valence-electron chi connectivity index (χ3n) is 4.06. The third kappa shape index (κ3) is 13.0. The Morgan fingerprint density at radius 3 is 1.48 bits per heavy atom. The van der Waals surface area contributed by atoms with Crippen LogP contribution in [0.1, 0.15) is 67.7 Å². The smallest absolute Gasteiger partial charge is 0.146 e. The van der Waals surface area contributed by atoms with Crippen molar-refractivity contribution in [3.05, 3.63) is 0 Å². The summed E-state index contributed by atoms with van der Waals surface area (Å²) >= 11 is 4.82. The molecule has 0 aliphatic carbocycles. The molecule has 3 nitrogen and oxygen atoms in total. The van der Waals surface area contributed by atoms with Crippen LogP contribution >= 0.6 is 35.3 Å². The van der Waals surface area contributed by atoms with Crippen molar-refractivity contribution in [2.45, 2.75) is 83.5 Å². The average molecular weight is 435 g/mol. The first-order valence-electron chi connectivity index (χ1n) is 10.00. The summed E-state index contributed by atoms with van der Waals surface area (Å²) in [5.41, 5.74) is 0. The summed E-state index contributed by atoms with van der Waals surface area (Å²) in [6.45, 7) is 14.4. The van der Waals surface area contributed by atoms with Crippen molar-refractivity contribution in [3.8, 4) is 0 Å². The molecular weight excluding hydrogens is 396 g/mol. The summed E-state index contributed by atoms with van der Waals surface area (Å²) in [5, 5.41) is 1.12. The van der Waals surface area contributed by atoms with E-state index in [-0.39, 0.29) is 29.7 Å². The molecule has 0 aliphatic heterocycles. The Labute approximate surface area is 179 Å². The van der Waals surface area contributed by atoms with Gasteiger partial charge in [0.05, 0.1) is 17.3 Å². The van der Waals surface area contributed by atoms with Gasteiger partial charge in [0.15, 0.2) is 0 Å². The zero-order valence-corrected chi connectivity index (χ0v) is 20.5. The lowest BCUT2D eigenvalue weighted by molar-refractivity contribution is -0.132. The monoisotopic (exact) mass is 434 g/mol. The van der Waals surface area contributed by atoms with Gasteiger partial charge in [0.1, 0.15) is 17.3 Å². The molecule has 27 heavy (non-hydrogen) atoms. The largest absolute Gasteiger partial charge is 0.299 e. The Morgan fingerprint density at radius 1 is 0.667 bits per heavy atom. The molecule has 6 heteroatoms. The molecule has 0 saturated heterocycles. The van der Waals surface area contributed by atoms with E-state index in [1.165, 1.54) is 0 Å². The van der Waals surface area contributed by atoms with Gasteiger partial charge in [-0.15, -0.1) is 0 Å². The first-order valence-corrected chi connectivity index (χ1v) is 13.1. The molecule has 2 unspecified atom stereocenters. The number of rotatable bonds is 16. The Hall–Kier alpha value is 0.0600. The predicted molar refractivity (Wildman–Crippen MR) is 124 cm³/mol. The zero-order chi connectivity index (χ0) is 21.0. The maximum atomic E-state index is 12.9. The van der Waals surface area contributed by atoms with E-state index in [1.807, 2.05) is 6.92 Å². The van der Waals surface area contributed by atoms with E-state index in [4.69, 9.17) is 0 Å². The van der Waals surface area contributed by atoms with E-state index in [2.05, 4.69) is 41.5 Å². The maximum Gasteiger partial charge on any atom is 0.146 e. The van der Waals surface area contributed by atoms with Gasteiger partial charge in [-0.3, -0.25) is 14.4 Å². The van der Waals surface area contributed by atoms with Gasteiger partial charge in [0.2, 0.25) is 0 Å². The minimum Gasteiger partial charge on any atom is -0.299 e. The Morgan fingerprint density at radius 2 is 1.07 bits per heavy atom. The molecule has 0 aromatic heterocycles. The number of carbonyl (C=O) groups is 3. The van der Waals surface area contributed by atoms with Gasteiger partial charge in [-0.1, -0.05) is 54.9 Å². The van der Waals surface area contributed by atoms with Crippen LogP contribution in [-0.4, -0.2) is 50.4 Å². The van der Waals surface area contributed by atoms with Crippen molar-refractivity contribution in [2.24, 2.45) is 11.8 Å². The molecule has 0 amide bonds. The first-order chi connectivity index (χ1) is 12.6. The molecule has 158 valence electrons. The van der Waals surface area contributed by atoms with Gasteiger partial charge < -0.3 is 0 Å². The van der Waals surface area contributed by atoms with E-state index in [9.17, 15) is 14.4 Å². The van der Waals surface area contributed by atoms with Crippen LogP contribution in [0.15, 0.2) is 0 Å². The molecule has 0 bridgehead atoms. The molecule has 0 N–H and O–H groups in total. The van der Waals surface area contributed by atoms with Crippen molar-refractivity contribution in [3.63, 3.8) is 0 Å². The van der Waals surface area contributed by atoms with E-state index >= 15 is 0 Å². The lowest BCUT2D eigenvalue weighted by Crippen LogP contribution is -2.34. The summed E-state index contributed by atoms with van der Waals surface area (Å²) in [4.78, 5) is 38.3. The Bertz CT molecular complexity index is 462. The summed E-state index contributed by atoms with van der Waals surface area (Å²) in [7, 11) is 0. The fraction of sp³-hybridized carbons (Fsp3) is 0.857. The summed E-state index contributed by atoms with van der Waals surface area (Å²) in [6, 6.07) is 0. The second kappa shape index (κ2) is 15.0. The topological polar surface area (TPSA) is 51.2 Å². The van der Waals surface area contributed by atoms with E-state index in [0.717, 1.165) is 6.42 Å². The average Bonchev–Trinajstić information content (AvgIpc) is 2.58. The minimum absolute atomic E-state index is 0.0675. The molecule has 0 heterocycles. The molecule has 0 aromatic rings. The summed E-state index contributed by atoms with van der Waals surface area (Å²) in [5.74, 6) is 0.742. The van der Waals surface area contributed by atoms with Gasteiger partial charge in [-0.25, -0.2) is 0 Å². The second-order valence-corrected chi connectivity index (χ2v) is 12.5. The van der Waals surface area contributed by atoms with Crippen LogP contribution in [0.4, 0.5) is 0 Å². The van der Waals surface area contributed by atoms with Gasteiger partial charge in [-0.2, -0.15) is 35.3 Å². The van der Waals surface area contributed by atoms with Gasteiger partial charge in [0, 0.05) is 18.3 Å². The first kappa shape index (κ1) is 27.1. The van der Waals surface area contributed by atoms with Crippen LogP contribution in [0.25, 0.3) is 0 Å². The zero-order valence-electron chi connectivity index (χ0n) is 18.1. The van der Waals surface area contributed by atoms with Crippen molar-refractivity contribution in [2.75, 3.05) is 17.3 Å². The van der Waals surface area contributed by atoms with E-state index in [0.29, 0.717) is 39.4 Å². The van der Waals surface area contributed by atoms with Crippen LogP contribution < -0.4 is 0 Å². The normalized spacial score (nSPS) is 14.0. The Kier molecular flexibility index (Phi) is 15.0. The molecule has 0 aliphatic rings. The summed E-state index contributed by atoms with van der Waals surface area (Å²) in [6.07, 6.45) is 1.74. The fourth-order valence-electron chi connectivity index (χ4n) is 2.65. The number of thioether (sulfide) groups is 3. The number of hydrogen-bond acceptors (Lipinski definition) is 6. The minimum atomic E-state index is -0.461. The number of hydrogen-bond donors (Lipinski definition) is 0. The van der Waals surface area contributed by atoms with Crippen LogP contribution in [-0.2, 0) is 14.4 Å². The lowest BCUT2D eigenvalue weighted by atomic mass is 9.80. The van der Waals surface area contributed by atoms with Crippen LogP contribution in [0.5, 0.6) is 0 Å². The van der Waals surface area contributed by atoms with E-state index < -0.39 is 5.92 Å². The van der Waals surface area contributed by atoms with Gasteiger partial charge in [0.25, 0.3) is 0 Å². The third-order valence-corrected chi connectivity index (χ3v) is 7.45. The number of Topliss-reactive ketones (excluding diaryl/α,β-unsaturated/α-hetero) is 3. The predicted octanol–water partition coefficient (Wildman–Crippen LogP) is 5.54. The molecule has 0 saturated carbocycles. The molecule has 0 radical (unpaired) electrons. The number of carbonyl (C=O) groups excluding carboxylic acids is 3. The quantitative estimate of drug-likeness (QED) is 0.318. The van der Waals surface area contributed by atoms with Gasteiger partial charge in [-0.05, 0) is 22.2 Å². The SMILES string of the molecule is CCCC(C(=O)CSC(C)C)C(CC(=O)CSC(C)C)C(=O)CSC(C)C. The van der Waals surface area contributed by atoms with Crippen LogP contribution in [0, 0.1) is 11.8 Å². The molecule has 0 spiro atoms. The Balaban J connectivity index is 5.29. The molecule has 0 rings (SSSR count). The van der Waals surface area contributed by atoms with Crippen LogP contribution in [0.2, 0.25) is 0 Å². The molecular formula is C21H38O3S3. The lowest BCUT2D eigenvalue weighted by Gasteiger charge is -2.25. The molecule has 0 fully saturated rings. The highest BCUT2D eigenvalue weighted by Gasteiger charge is 2.34. The van der Waals surface area contributed by atoms with Crippen molar-refractivity contribution in [1.82, 2.24) is 0 Å². The van der Waals surface area contributed by atoms with Crippen molar-refractivity contribution >= 4 is 52.6 Å². The number of ketones is 3. The van der Waals surface area contributed by atoms with Crippen molar-refractivity contribution < 1.29 is 14.4 Å². The fourth-order valence-corrected chi connectivity index (χ4v) is 4.71. The second-order valence-electron chi connectivity index (χ2n) is 7.76. The van der Waals surface area contributed by atoms with E-state index in [1.54, 1.807) is 35.3 Å². The molecule has 0 aromatic carbocycles. The standard InChI is InChI=1S/C21H38O3S3/c1-8-9-18(20(23)12-26-15(4)5)19(21(24)13-27-16(6)7)10-17(22)11-25-14(2)3/h14-16,18-19H,8-13H2,1-7H3. The van der Waals surface area contributed by atoms with Gasteiger partial charge >= 0.3 is 0 Å². The van der Waals surface area contributed by atoms with Crippen molar-refractivity contribution in [1.29, 1.82) is 0 Å². The summed E-state index contributed by atoms with van der Waals surface area (Å²) < 4.78 is 0. The van der Waals surface area contributed by atoms with Crippen LogP contribution in [0.3, 0.4) is 0 Å². The molecule has 2 atom stereocenters. The highest BCUT2D eigenvalue weighted by atomic mass is 32.2. The maximum absolute atomic E-state index is 12.9.